The number of carbonyl (C=O) groups excluding carboxylic acids is 3. The number of amides is 3. The summed E-state index contributed by atoms with van der Waals surface area (Å²) >= 11 is 0. The number of nitrogens with two attached hydrogens (primary N) is 1. The summed E-state index contributed by atoms with van der Waals surface area (Å²) in [4.78, 5) is 41.0. The fourth-order valence-corrected chi connectivity index (χ4v) is 4.18. The van der Waals surface area contributed by atoms with E-state index >= 15 is 0 Å². The lowest BCUT2D eigenvalue weighted by Crippen LogP contribution is -2.62. The van der Waals surface area contributed by atoms with E-state index in [1.165, 1.54) is 0 Å². The number of hydrogen-bond acceptors (Lipinski definition) is 5. The number of rotatable bonds is 9. The average Bonchev–Trinajstić information content (AvgIpc) is 2.66. The van der Waals surface area contributed by atoms with Crippen molar-refractivity contribution in [3.8, 4) is 0 Å². The van der Waals surface area contributed by atoms with Gasteiger partial charge in [0.05, 0.1) is 12.1 Å². The van der Waals surface area contributed by atoms with Gasteiger partial charge in [-0.1, -0.05) is 27.7 Å². The third-order valence-corrected chi connectivity index (χ3v) is 5.60. The Bertz CT molecular complexity index is 573. The standard InChI is InChI=1S/C21H38N4O4/c1-14(2)11-17-20(27)25(10-7-23-17)18(12-15(3)4)21(28)24-8-5-16(6-9-24)29-13-19(22)26/h14-18,23H,5-13H2,1-4H3,(H2,22,26)/t17-,18-/m0/s1. The molecule has 0 aromatic heterocycles. The van der Waals surface area contributed by atoms with Crippen LogP contribution >= 0.6 is 0 Å². The van der Waals surface area contributed by atoms with Crippen molar-refractivity contribution in [2.75, 3.05) is 32.8 Å². The number of nitrogens with zero attached hydrogens (tertiary/aromatic N) is 2. The Hall–Kier alpha value is -1.67. The van der Waals surface area contributed by atoms with E-state index in [1.807, 2.05) is 9.80 Å². The minimum atomic E-state index is -0.478. The number of piperidine rings is 1. The van der Waals surface area contributed by atoms with Gasteiger partial charge in [-0.3, -0.25) is 14.4 Å². The first kappa shape index (κ1) is 23.6. The van der Waals surface area contributed by atoms with E-state index in [0.29, 0.717) is 57.3 Å². The molecule has 2 atom stereocenters. The van der Waals surface area contributed by atoms with Crippen molar-refractivity contribution in [2.24, 2.45) is 17.6 Å². The Morgan fingerprint density at radius 1 is 1.14 bits per heavy atom. The smallest absolute Gasteiger partial charge is 0.245 e. The zero-order valence-electron chi connectivity index (χ0n) is 18.4. The van der Waals surface area contributed by atoms with Gasteiger partial charge in [0.15, 0.2) is 0 Å². The highest BCUT2D eigenvalue weighted by Gasteiger charge is 2.39. The molecule has 3 N–H and O–H groups in total. The Morgan fingerprint density at radius 3 is 2.34 bits per heavy atom. The highest BCUT2D eigenvalue weighted by atomic mass is 16.5. The molecule has 3 amide bonds. The molecular formula is C21H38N4O4. The predicted molar refractivity (Wildman–Crippen MR) is 111 cm³/mol. The van der Waals surface area contributed by atoms with E-state index < -0.39 is 11.9 Å². The molecule has 0 aromatic carbocycles. The summed E-state index contributed by atoms with van der Waals surface area (Å²) in [5, 5.41) is 3.32. The number of piperazine rings is 1. The second kappa shape index (κ2) is 10.9. The van der Waals surface area contributed by atoms with Crippen LogP contribution in [0.4, 0.5) is 0 Å². The highest BCUT2D eigenvalue weighted by Crippen LogP contribution is 2.22. The van der Waals surface area contributed by atoms with Gasteiger partial charge in [0.2, 0.25) is 17.7 Å². The predicted octanol–water partition coefficient (Wildman–Crippen LogP) is 0.741. The van der Waals surface area contributed by atoms with E-state index in [9.17, 15) is 14.4 Å². The van der Waals surface area contributed by atoms with Crippen LogP contribution in [0.3, 0.4) is 0 Å². The fraction of sp³-hybridized carbons (Fsp3) is 0.857. The van der Waals surface area contributed by atoms with E-state index in [-0.39, 0.29) is 30.6 Å². The summed E-state index contributed by atoms with van der Waals surface area (Å²) in [5.41, 5.74) is 5.14. The van der Waals surface area contributed by atoms with Gasteiger partial charge in [-0.15, -0.1) is 0 Å². The largest absolute Gasteiger partial charge is 0.368 e. The Morgan fingerprint density at radius 2 is 1.79 bits per heavy atom. The highest BCUT2D eigenvalue weighted by molar-refractivity contribution is 5.90. The lowest BCUT2D eigenvalue weighted by molar-refractivity contribution is -0.151. The van der Waals surface area contributed by atoms with E-state index in [0.717, 1.165) is 6.42 Å². The summed E-state index contributed by atoms with van der Waals surface area (Å²) in [6.07, 6.45) is 2.75. The molecule has 0 radical (unpaired) electrons. The van der Waals surface area contributed by atoms with Gasteiger partial charge >= 0.3 is 0 Å². The average molecular weight is 411 g/mol. The molecule has 2 rings (SSSR count). The van der Waals surface area contributed by atoms with Crippen molar-refractivity contribution in [2.45, 2.75) is 71.6 Å². The van der Waals surface area contributed by atoms with E-state index in [1.54, 1.807) is 0 Å². The van der Waals surface area contributed by atoms with Crippen molar-refractivity contribution < 1.29 is 19.1 Å². The number of primary amides is 1. The molecule has 0 aromatic rings. The molecule has 2 heterocycles. The molecule has 8 heteroatoms. The van der Waals surface area contributed by atoms with Crippen LogP contribution in [0, 0.1) is 11.8 Å². The minimum absolute atomic E-state index is 0.0330. The van der Waals surface area contributed by atoms with Crippen LogP contribution < -0.4 is 11.1 Å². The first-order valence-corrected chi connectivity index (χ1v) is 10.9. The normalized spacial score (nSPS) is 22.4. The molecule has 0 spiro atoms. The molecule has 166 valence electrons. The third kappa shape index (κ3) is 6.96. The van der Waals surface area contributed by atoms with Gasteiger partial charge in [-0.2, -0.15) is 0 Å². The van der Waals surface area contributed by atoms with Crippen molar-refractivity contribution >= 4 is 17.7 Å². The number of ether oxygens (including phenoxy) is 1. The molecule has 0 unspecified atom stereocenters. The zero-order valence-corrected chi connectivity index (χ0v) is 18.4. The summed E-state index contributed by atoms with van der Waals surface area (Å²) < 4.78 is 5.50. The van der Waals surface area contributed by atoms with Gasteiger partial charge in [0, 0.05) is 26.2 Å². The van der Waals surface area contributed by atoms with Crippen molar-refractivity contribution in [1.82, 2.24) is 15.1 Å². The second-order valence-corrected chi connectivity index (χ2v) is 9.12. The summed E-state index contributed by atoms with van der Waals surface area (Å²) in [6.45, 7) is 10.7. The molecule has 2 saturated heterocycles. The van der Waals surface area contributed by atoms with Gasteiger partial charge in [-0.05, 0) is 37.5 Å². The molecule has 8 nitrogen and oxygen atoms in total. The molecule has 2 fully saturated rings. The fourth-order valence-electron chi connectivity index (χ4n) is 4.18. The maximum atomic E-state index is 13.4. The minimum Gasteiger partial charge on any atom is -0.368 e. The molecular weight excluding hydrogens is 372 g/mol. The second-order valence-electron chi connectivity index (χ2n) is 9.12. The Labute approximate surface area is 174 Å². The van der Waals surface area contributed by atoms with Gasteiger partial charge in [0.25, 0.3) is 0 Å². The molecule has 29 heavy (non-hydrogen) atoms. The number of nitrogens with one attached hydrogen (secondary N) is 1. The van der Waals surface area contributed by atoms with Crippen LogP contribution in [0.25, 0.3) is 0 Å². The maximum absolute atomic E-state index is 13.4. The van der Waals surface area contributed by atoms with E-state index in [4.69, 9.17) is 10.5 Å². The molecule has 0 bridgehead atoms. The lowest BCUT2D eigenvalue weighted by Gasteiger charge is -2.42. The van der Waals surface area contributed by atoms with Crippen LogP contribution in [0.5, 0.6) is 0 Å². The molecule has 2 aliphatic heterocycles. The monoisotopic (exact) mass is 410 g/mol. The van der Waals surface area contributed by atoms with Crippen molar-refractivity contribution in [3.63, 3.8) is 0 Å². The Balaban J connectivity index is 2.03. The number of hydrogen-bond donors (Lipinski definition) is 2. The Kier molecular flexibility index (Phi) is 8.89. The van der Waals surface area contributed by atoms with Gasteiger partial charge < -0.3 is 25.6 Å². The van der Waals surface area contributed by atoms with E-state index in [2.05, 4.69) is 33.0 Å². The topological polar surface area (TPSA) is 105 Å². The van der Waals surface area contributed by atoms with Crippen LogP contribution in [-0.4, -0.2) is 78.5 Å². The summed E-state index contributed by atoms with van der Waals surface area (Å²) in [5.74, 6) is 0.324. The lowest BCUT2D eigenvalue weighted by atomic mass is 9.95. The van der Waals surface area contributed by atoms with Crippen molar-refractivity contribution in [1.29, 1.82) is 0 Å². The van der Waals surface area contributed by atoms with Gasteiger partial charge in [-0.25, -0.2) is 0 Å². The first-order chi connectivity index (χ1) is 13.7. The summed E-state index contributed by atoms with van der Waals surface area (Å²) in [7, 11) is 0. The zero-order chi connectivity index (χ0) is 21.6. The van der Waals surface area contributed by atoms with Crippen LogP contribution in [-0.2, 0) is 19.1 Å². The number of likely N-dealkylation sites (tertiary alicyclic amines) is 1. The van der Waals surface area contributed by atoms with Crippen LogP contribution in [0.2, 0.25) is 0 Å². The van der Waals surface area contributed by atoms with Crippen LogP contribution in [0.1, 0.15) is 53.4 Å². The SMILES string of the molecule is CC(C)C[C@@H]1NCCN([C@@H](CC(C)C)C(=O)N2CCC(OCC(N)=O)CC2)C1=O. The molecule has 0 saturated carbocycles. The summed E-state index contributed by atoms with van der Waals surface area (Å²) in [6, 6.07) is -0.624. The van der Waals surface area contributed by atoms with Crippen LogP contribution in [0.15, 0.2) is 0 Å². The maximum Gasteiger partial charge on any atom is 0.245 e. The van der Waals surface area contributed by atoms with Gasteiger partial charge in [0.1, 0.15) is 12.6 Å². The van der Waals surface area contributed by atoms with Crippen molar-refractivity contribution in [3.05, 3.63) is 0 Å². The quantitative estimate of drug-likeness (QED) is 0.583. The molecule has 0 aliphatic carbocycles. The first-order valence-electron chi connectivity index (χ1n) is 10.9. The molecule has 2 aliphatic rings. The third-order valence-electron chi connectivity index (χ3n) is 5.60. The number of carbonyl (C=O) groups is 3.